The van der Waals surface area contributed by atoms with Crippen LogP contribution in [-0.4, -0.2) is 64.7 Å². The molecule has 2 saturated heterocycles. The van der Waals surface area contributed by atoms with E-state index in [0.717, 1.165) is 58.5 Å². The van der Waals surface area contributed by atoms with Crippen LogP contribution < -0.4 is 0 Å². The third-order valence-electron chi connectivity index (χ3n) is 6.92. The van der Waals surface area contributed by atoms with Gasteiger partial charge in [-0.25, -0.2) is 0 Å². The van der Waals surface area contributed by atoms with Gasteiger partial charge in [-0.15, -0.1) is 11.3 Å². The Morgan fingerprint density at radius 1 is 1.45 bits per heavy atom. The minimum absolute atomic E-state index is 0.0421. The van der Waals surface area contributed by atoms with Gasteiger partial charge in [0.1, 0.15) is 5.69 Å². The molecular weight excluding hydrogens is 384 g/mol. The van der Waals surface area contributed by atoms with Crippen LogP contribution in [0.1, 0.15) is 52.5 Å². The number of amides is 1. The van der Waals surface area contributed by atoms with Crippen molar-refractivity contribution in [2.75, 3.05) is 32.8 Å². The molecule has 1 spiro atoms. The number of ether oxygens (including phenoxy) is 1. The summed E-state index contributed by atoms with van der Waals surface area (Å²) < 4.78 is 6.46. The molecule has 2 aromatic heterocycles. The van der Waals surface area contributed by atoms with E-state index in [-0.39, 0.29) is 11.5 Å². The van der Waals surface area contributed by atoms with Crippen LogP contribution in [0.15, 0.2) is 18.3 Å². The van der Waals surface area contributed by atoms with Gasteiger partial charge in [0, 0.05) is 60.5 Å². The summed E-state index contributed by atoms with van der Waals surface area (Å²) in [6, 6.07) is 4.66. The van der Waals surface area contributed by atoms with E-state index in [1.54, 1.807) is 17.1 Å². The maximum absolute atomic E-state index is 12.4. The predicted molar refractivity (Wildman–Crippen MR) is 113 cm³/mol. The first kappa shape index (κ1) is 19.3. The van der Waals surface area contributed by atoms with Crippen LogP contribution in [0.2, 0.25) is 0 Å². The highest BCUT2D eigenvalue weighted by Crippen LogP contribution is 2.46. The van der Waals surface area contributed by atoms with Crippen molar-refractivity contribution in [1.82, 2.24) is 20.0 Å². The Hall–Kier alpha value is -1.70. The van der Waals surface area contributed by atoms with Gasteiger partial charge < -0.3 is 14.5 Å². The van der Waals surface area contributed by atoms with Gasteiger partial charge in [0.2, 0.25) is 0 Å². The highest BCUT2D eigenvalue weighted by atomic mass is 32.1. The molecule has 7 heteroatoms. The topological polar surface area (TPSA) is 61.5 Å². The van der Waals surface area contributed by atoms with Crippen LogP contribution in [0.25, 0.3) is 0 Å². The summed E-state index contributed by atoms with van der Waals surface area (Å²) in [6.45, 7) is 9.26. The molecule has 0 bridgehead atoms. The Morgan fingerprint density at radius 2 is 2.31 bits per heavy atom. The fourth-order valence-electron chi connectivity index (χ4n) is 5.27. The molecule has 0 unspecified atom stereocenters. The van der Waals surface area contributed by atoms with Crippen LogP contribution in [0.4, 0.5) is 0 Å². The van der Waals surface area contributed by atoms with Gasteiger partial charge in [0.15, 0.2) is 0 Å². The first-order chi connectivity index (χ1) is 14.1. The summed E-state index contributed by atoms with van der Waals surface area (Å²) in [6.07, 6.45) is 6.03. The normalized spacial score (nSPS) is 27.8. The number of H-pyrrole nitrogens is 1. The summed E-state index contributed by atoms with van der Waals surface area (Å²) in [5.74, 6) is 0.602. The Kier molecular flexibility index (Phi) is 5.00. The maximum atomic E-state index is 12.4. The second-order valence-corrected chi connectivity index (χ2v) is 10.1. The molecule has 0 radical (unpaired) electrons. The van der Waals surface area contributed by atoms with Crippen molar-refractivity contribution in [2.24, 2.45) is 5.92 Å². The number of aryl methyl sites for hydroxylation is 1. The summed E-state index contributed by atoms with van der Waals surface area (Å²) in [5, 5.41) is 6.73. The maximum Gasteiger partial charge on any atom is 0.274 e. The quantitative estimate of drug-likeness (QED) is 0.835. The zero-order chi connectivity index (χ0) is 20.0. The van der Waals surface area contributed by atoms with Crippen molar-refractivity contribution in [1.29, 1.82) is 0 Å². The Bertz CT molecular complexity index is 874. The lowest BCUT2D eigenvalue weighted by atomic mass is 9.79. The number of carbonyl (C=O) groups excluding carboxylic acids is 1. The number of nitrogens with zero attached hydrogens (tertiary/aromatic N) is 3. The van der Waals surface area contributed by atoms with Gasteiger partial charge in [0.05, 0.1) is 12.2 Å². The molecule has 1 amide bonds. The molecule has 0 aliphatic carbocycles. The number of fused-ring (bicyclic) bond motifs is 2. The van der Waals surface area contributed by atoms with E-state index in [9.17, 15) is 4.79 Å². The smallest absolute Gasteiger partial charge is 0.274 e. The second kappa shape index (κ2) is 7.52. The van der Waals surface area contributed by atoms with Gasteiger partial charge >= 0.3 is 0 Å². The molecule has 2 fully saturated rings. The first-order valence-corrected chi connectivity index (χ1v) is 11.7. The fourth-order valence-corrected chi connectivity index (χ4v) is 6.45. The van der Waals surface area contributed by atoms with Crippen molar-refractivity contribution in [3.8, 4) is 0 Å². The van der Waals surface area contributed by atoms with Crippen molar-refractivity contribution in [3.05, 3.63) is 39.3 Å². The molecule has 0 aromatic carbocycles. The molecule has 5 heterocycles. The largest absolute Gasteiger partial charge is 0.370 e. The molecule has 2 atom stereocenters. The number of nitrogens with one attached hydrogen (secondary N) is 1. The third-order valence-corrected chi connectivity index (χ3v) is 8.25. The predicted octanol–water partition coefficient (Wildman–Crippen LogP) is 3.06. The number of likely N-dealkylation sites (tertiary alicyclic amines) is 2. The molecule has 0 saturated carbocycles. The summed E-state index contributed by atoms with van der Waals surface area (Å²) >= 11 is 1.99. The summed E-state index contributed by atoms with van der Waals surface area (Å²) in [7, 11) is 0. The molecule has 1 N–H and O–H groups in total. The number of hydrogen-bond acceptors (Lipinski definition) is 5. The Labute approximate surface area is 176 Å². The van der Waals surface area contributed by atoms with Crippen LogP contribution in [0.5, 0.6) is 0 Å². The molecular formula is C22H30N4O2S. The SMILES string of the molecule is CCc1cc2c(s1)CCO[C@@]21CCN(CC2CN(C(=O)c3cc[nH]n3)C2)[C@@H](C)C1. The lowest BCUT2D eigenvalue weighted by molar-refractivity contribution is -0.114. The van der Waals surface area contributed by atoms with Gasteiger partial charge in [-0.2, -0.15) is 5.10 Å². The van der Waals surface area contributed by atoms with E-state index in [0.29, 0.717) is 17.7 Å². The lowest BCUT2D eigenvalue weighted by Crippen LogP contribution is -2.57. The summed E-state index contributed by atoms with van der Waals surface area (Å²) in [4.78, 5) is 19.9. The molecule has 2 aromatic rings. The average molecular weight is 415 g/mol. The van der Waals surface area contributed by atoms with E-state index >= 15 is 0 Å². The standard InChI is InChI=1S/C22H30N4O2S/c1-3-17-10-18-20(29-17)5-9-28-22(18)6-8-25(15(2)11-22)12-16-13-26(14-16)21(27)19-4-7-23-24-19/h4,7,10,15-16H,3,5-6,8-9,11-14H2,1-2H3,(H,23,24)/t15-,22+/m0/s1. The van der Waals surface area contributed by atoms with Crippen molar-refractivity contribution in [3.63, 3.8) is 0 Å². The van der Waals surface area contributed by atoms with Crippen molar-refractivity contribution < 1.29 is 9.53 Å². The highest BCUT2D eigenvalue weighted by Gasteiger charge is 2.45. The number of thiophene rings is 1. The van der Waals surface area contributed by atoms with Crippen molar-refractivity contribution in [2.45, 2.75) is 51.2 Å². The number of carbonyl (C=O) groups is 1. The molecule has 3 aliphatic rings. The monoisotopic (exact) mass is 414 g/mol. The zero-order valence-corrected chi connectivity index (χ0v) is 18.1. The van der Waals surface area contributed by atoms with E-state index in [2.05, 4.69) is 35.0 Å². The van der Waals surface area contributed by atoms with Gasteiger partial charge in [-0.1, -0.05) is 6.92 Å². The van der Waals surface area contributed by atoms with Gasteiger partial charge in [-0.3, -0.25) is 9.89 Å². The zero-order valence-electron chi connectivity index (χ0n) is 17.3. The Morgan fingerprint density at radius 3 is 3.03 bits per heavy atom. The lowest BCUT2D eigenvalue weighted by Gasteiger charge is -2.49. The van der Waals surface area contributed by atoms with Crippen LogP contribution in [0.3, 0.4) is 0 Å². The molecule has 3 aliphatic heterocycles. The van der Waals surface area contributed by atoms with Crippen LogP contribution in [0, 0.1) is 5.92 Å². The fraction of sp³-hybridized carbons (Fsp3) is 0.636. The number of rotatable bonds is 4. The molecule has 29 heavy (non-hydrogen) atoms. The first-order valence-electron chi connectivity index (χ1n) is 10.9. The number of piperidine rings is 1. The molecule has 5 rings (SSSR count). The van der Waals surface area contributed by atoms with E-state index in [4.69, 9.17) is 4.74 Å². The number of hydrogen-bond donors (Lipinski definition) is 1. The molecule has 156 valence electrons. The minimum atomic E-state index is -0.0744. The van der Waals surface area contributed by atoms with Gasteiger partial charge in [-0.05, 0) is 43.9 Å². The molecule has 6 nitrogen and oxygen atoms in total. The van der Waals surface area contributed by atoms with E-state index in [1.807, 2.05) is 16.2 Å². The van der Waals surface area contributed by atoms with Crippen molar-refractivity contribution >= 4 is 17.2 Å². The van der Waals surface area contributed by atoms with E-state index < -0.39 is 0 Å². The number of aromatic amines is 1. The second-order valence-electron chi connectivity index (χ2n) is 8.83. The van der Waals surface area contributed by atoms with Crippen LogP contribution >= 0.6 is 11.3 Å². The van der Waals surface area contributed by atoms with Gasteiger partial charge in [0.25, 0.3) is 5.91 Å². The minimum Gasteiger partial charge on any atom is -0.370 e. The summed E-state index contributed by atoms with van der Waals surface area (Å²) in [5.41, 5.74) is 1.93. The number of aromatic nitrogens is 2. The third kappa shape index (κ3) is 3.43. The van der Waals surface area contributed by atoms with Crippen LogP contribution in [-0.2, 0) is 23.2 Å². The Balaban J connectivity index is 1.19. The average Bonchev–Trinajstić information content (AvgIpc) is 3.36. The highest BCUT2D eigenvalue weighted by molar-refractivity contribution is 7.12. The van der Waals surface area contributed by atoms with E-state index in [1.165, 1.54) is 10.4 Å².